The molecule has 0 amide bonds. The van der Waals surface area contributed by atoms with Gasteiger partial charge in [0.1, 0.15) is 4.90 Å². The second-order valence-corrected chi connectivity index (χ2v) is 14.0. The normalized spacial score (nSPS) is 18.7. The highest BCUT2D eigenvalue weighted by molar-refractivity contribution is 7.99. The summed E-state index contributed by atoms with van der Waals surface area (Å²) in [6.07, 6.45) is 1.07. The minimum atomic E-state index is -5.88. The first-order valence-corrected chi connectivity index (χ1v) is 16.0. The van der Waals surface area contributed by atoms with Crippen molar-refractivity contribution in [3.05, 3.63) is 48.5 Å². The molecule has 39 heavy (non-hydrogen) atoms. The average Bonchev–Trinajstić information content (AvgIpc) is 3.19. The number of nitrogens with one attached hydrogen (secondary N) is 2. The van der Waals surface area contributed by atoms with Crippen molar-refractivity contribution in [3.63, 3.8) is 0 Å². The van der Waals surface area contributed by atoms with E-state index in [1.54, 1.807) is 0 Å². The van der Waals surface area contributed by atoms with Crippen molar-refractivity contribution in [2.45, 2.75) is 64.8 Å². The van der Waals surface area contributed by atoms with E-state index in [2.05, 4.69) is 10.6 Å². The fourth-order valence-corrected chi connectivity index (χ4v) is 6.40. The van der Waals surface area contributed by atoms with Crippen LogP contribution in [0.1, 0.15) is 26.7 Å². The molecule has 3 rings (SSSR count). The Morgan fingerprint density at radius 2 is 1.79 bits per heavy atom. The monoisotopic (exact) mass is 611 g/mol. The molecule has 2 aromatic rings. The predicted molar refractivity (Wildman–Crippen MR) is 143 cm³/mol. The Balaban J connectivity index is 1.76. The van der Waals surface area contributed by atoms with Crippen molar-refractivity contribution in [3.8, 4) is 0 Å². The first-order chi connectivity index (χ1) is 18.1. The van der Waals surface area contributed by atoms with E-state index in [1.165, 1.54) is 11.8 Å². The second kappa shape index (κ2) is 12.7. The number of benzene rings is 2. The van der Waals surface area contributed by atoms with Crippen molar-refractivity contribution >= 4 is 37.3 Å². The largest absolute Gasteiger partial charge is 0.501 e. The molecule has 0 bridgehead atoms. The fourth-order valence-electron chi connectivity index (χ4n) is 3.85. The zero-order chi connectivity index (χ0) is 28.9. The number of alkyl halides is 3. The third-order valence-electron chi connectivity index (χ3n) is 5.81. The number of hydrogen-bond acceptors (Lipinski definition) is 9. The summed E-state index contributed by atoms with van der Waals surface area (Å²) >= 11 is 1.44. The van der Waals surface area contributed by atoms with Crippen molar-refractivity contribution in [1.82, 2.24) is 5.32 Å². The zero-order valence-electron chi connectivity index (χ0n) is 21.4. The van der Waals surface area contributed by atoms with E-state index in [-0.39, 0.29) is 11.8 Å². The van der Waals surface area contributed by atoms with Gasteiger partial charge in [-0.25, -0.2) is 22.0 Å². The number of sulfone groups is 1. The van der Waals surface area contributed by atoms with Crippen LogP contribution in [-0.2, 0) is 29.3 Å². The Morgan fingerprint density at radius 3 is 2.38 bits per heavy atom. The Bertz CT molecular complexity index is 1320. The van der Waals surface area contributed by atoms with E-state index in [0.717, 1.165) is 17.0 Å². The van der Waals surface area contributed by atoms with Gasteiger partial charge >= 0.3 is 5.51 Å². The molecule has 0 spiro atoms. The topological polar surface area (TPSA) is 137 Å². The van der Waals surface area contributed by atoms with E-state index in [1.807, 2.05) is 44.2 Å². The van der Waals surface area contributed by atoms with Gasteiger partial charge < -0.3 is 20.1 Å². The molecule has 1 aliphatic rings. The van der Waals surface area contributed by atoms with Crippen molar-refractivity contribution in [2.24, 2.45) is 5.14 Å². The first kappa shape index (κ1) is 31.6. The van der Waals surface area contributed by atoms with Crippen LogP contribution in [0.2, 0.25) is 0 Å². The van der Waals surface area contributed by atoms with Gasteiger partial charge in [0.25, 0.3) is 9.84 Å². The molecule has 2 aromatic carbocycles. The van der Waals surface area contributed by atoms with Crippen LogP contribution in [0.25, 0.3) is 0 Å². The lowest BCUT2D eigenvalue weighted by Crippen LogP contribution is -2.31. The molecule has 2 atom stereocenters. The number of halogens is 3. The summed E-state index contributed by atoms with van der Waals surface area (Å²) in [5, 5.41) is 11.2. The number of hydrogen-bond donors (Lipinski definition) is 3. The summed E-state index contributed by atoms with van der Waals surface area (Å²) in [5.74, 6) is -0.233. The first-order valence-electron chi connectivity index (χ1n) is 12.0. The lowest BCUT2D eigenvalue weighted by atomic mass is 10.2. The zero-order valence-corrected chi connectivity index (χ0v) is 23.9. The maximum atomic E-state index is 13.5. The Labute approximate surface area is 231 Å². The predicted octanol–water partition coefficient (Wildman–Crippen LogP) is 3.72. The summed E-state index contributed by atoms with van der Waals surface area (Å²) in [4.78, 5) is -1.02. The number of thioether (sulfide) groups is 1. The van der Waals surface area contributed by atoms with E-state index >= 15 is 0 Å². The van der Waals surface area contributed by atoms with Crippen molar-refractivity contribution < 1.29 is 39.5 Å². The van der Waals surface area contributed by atoms with Crippen LogP contribution in [0.4, 0.5) is 18.9 Å². The minimum absolute atomic E-state index is 0.0532. The quantitative estimate of drug-likeness (QED) is 0.229. The summed E-state index contributed by atoms with van der Waals surface area (Å²) in [5.41, 5.74) is -6.01. The summed E-state index contributed by atoms with van der Waals surface area (Å²) in [7, 11) is -10.3. The molecule has 9 nitrogen and oxygen atoms in total. The molecule has 1 saturated heterocycles. The Kier molecular flexibility index (Phi) is 10.3. The fraction of sp³-hybridized carbons (Fsp3) is 0.500. The Hall–Kier alpha value is -1.88. The lowest BCUT2D eigenvalue weighted by molar-refractivity contribution is -0.138. The van der Waals surface area contributed by atoms with E-state index < -0.39 is 47.0 Å². The highest BCUT2D eigenvalue weighted by Crippen LogP contribution is 2.36. The van der Waals surface area contributed by atoms with E-state index in [9.17, 15) is 30.0 Å². The Morgan fingerprint density at radius 1 is 1.10 bits per heavy atom. The molecular formula is C24H32F3N3O6S3. The number of rotatable bonds is 13. The molecule has 1 aliphatic heterocycles. The molecule has 4 N–H and O–H groups in total. The third-order valence-corrected chi connectivity index (χ3v) is 9.42. The molecule has 1 heterocycles. The standard InChI is InChI=1S/C24H32F3N3O6S3/c1-23(2)35-15-18(36-23)11-13-29-12-10-17(16-37-19-6-4-3-5-7-19)30-21-9-8-20(39(28,33)34)14-22(21)38(31,32)24(25,26)27/h3-9,14,17-18,29-30H,10-13,15-16H2,1-2H3,(H2,28,33,34)/t17-,18+/m1/s1. The van der Waals surface area contributed by atoms with Gasteiger partial charge in [-0.05, 0) is 70.1 Å². The van der Waals surface area contributed by atoms with Crippen molar-refractivity contribution in [2.75, 3.05) is 30.8 Å². The molecule has 0 unspecified atom stereocenters. The number of nitrogens with two attached hydrogens (primary N) is 1. The van der Waals surface area contributed by atoms with Gasteiger partial charge in [0.05, 0.1) is 23.3 Å². The highest BCUT2D eigenvalue weighted by Gasteiger charge is 2.48. The molecule has 1 fully saturated rings. The number of sulfonamides is 1. The highest BCUT2D eigenvalue weighted by atomic mass is 32.2. The molecule has 218 valence electrons. The van der Waals surface area contributed by atoms with Crippen molar-refractivity contribution in [1.29, 1.82) is 0 Å². The smallest absolute Gasteiger partial charge is 0.380 e. The molecule has 0 saturated carbocycles. The van der Waals surface area contributed by atoms with Gasteiger partial charge in [0.15, 0.2) is 5.79 Å². The van der Waals surface area contributed by atoms with Crippen LogP contribution in [0.5, 0.6) is 0 Å². The average molecular weight is 612 g/mol. The van der Waals surface area contributed by atoms with Crippen LogP contribution in [-0.4, -0.2) is 65.7 Å². The van der Waals surface area contributed by atoms with Crippen LogP contribution < -0.4 is 15.8 Å². The maximum absolute atomic E-state index is 13.5. The van der Waals surface area contributed by atoms with Gasteiger partial charge in [0.2, 0.25) is 10.0 Å². The maximum Gasteiger partial charge on any atom is 0.501 e. The second-order valence-electron chi connectivity index (χ2n) is 9.40. The summed E-state index contributed by atoms with van der Waals surface area (Å²) < 4.78 is 99.9. The molecule has 15 heteroatoms. The summed E-state index contributed by atoms with van der Waals surface area (Å²) in [6.45, 7) is 5.24. The SMILES string of the molecule is CC1(C)OC[C@H](CCNCC[C@H](CSc2ccccc2)Nc2ccc(S(N)(=O)=O)cc2S(=O)(=O)C(F)(F)F)O1. The van der Waals surface area contributed by atoms with Gasteiger partial charge in [-0.1, -0.05) is 18.2 Å². The minimum Gasteiger partial charge on any atom is -0.380 e. The van der Waals surface area contributed by atoms with Crippen LogP contribution in [0.15, 0.2) is 63.2 Å². The van der Waals surface area contributed by atoms with E-state index in [4.69, 9.17) is 14.6 Å². The third kappa shape index (κ3) is 9.06. The summed E-state index contributed by atoms with van der Waals surface area (Å²) in [6, 6.07) is 11.2. The van der Waals surface area contributed by atoms with Gasteiger partial charge in [-0.15, -0.1) is 11.8 Å². The van der Waals surface area contributed by atoms with Gasteiger partial charge in [-0.3, -0.25) is 0 Å². The van der Waals surface area contributed by atoms with Crippen LogP contribution in [0.3, 0.4) is 0 Å². The van der Waals surface area contributed by atoms with Gasteiger partial charge in [-0.2, -0.15) is 13.2 Å². The lowest BCUT2D eigenvalue weighted by Gasteiger charge is -2.23. The molecule has 0 radical (unpaired) electrons. The van der Waals surface area contributed by atoms with E-state index in [0.29, 0.717) is 44.4 Å². The number of ether oxygens (including phenoxy) is 2. The molecule has 0 aliphatic carbocycles. The van der Waals surface area contributed by atoms with Gasteiger partial charge in [0, 0.05) is 16.7 Å². The van der Waals surface area contributed by atoms with Crippen LogP contribution in [0, 0.1) is 0 Å². The molecule has 0 aromatic heterocycles. The van der Waals surface area contributed by atoms with Crippen LogP contribution >= 0.6 is 11.8 Å². The number of primary sulfonamides is 1. The molecular weight excluding hydrogens is 579 g/mol. The number of anilines is 1.